The Morgan fingerprint density at radius 3 is 1.00 bits per heavy atom. The number of rotatable bonds is 36. The zero-order valence-corrected chi connectivity index (χ0v) is 35.6. The first kappa shape index (κ1) is 48.6. The Balaban J connectivity index is 2.32. The van der Waals surface area contributed by atoms with Crippen molar-refractivity contribution in [2.45, 2.75) is 205 Å². The number of hydrogen-bond donors (Lipinski definition) is 0. The molecule has 0 amide bonds. The lowest BCUT2D eigenvalue weighted by Crippen LogP contribution is -2.39. The van der Waals surface area contributed by atoms with Gasteiger partial charge in [-0.3, -0.25) is 0 Å². The Hall–Kier alpha value is -1.46. The van der Waals surface area contributed by atoms with Crippen LogP contribution in [0.2, 0.25) is 0 Å². The maximum absolute atomic E-state index is 6.92. The van der Waals surface area contributed by atoms with Crippen LogP contribution in [0.1, 0.15) is 187 Å². The summed E-state index contributed by atoms with van der Waals surface area (Å²) in [4.78, 5) is 4.52. The molecule has 0 aliphatic carbocycles. The third-order valence-electron chi connectivity index (χ3n) is 10.2. The number of nitrogens with zero attached hydrogens (tertiary/aromatic N) is 2. The Morgan fingerprint density at radius 1 is 0.385 bits per heavy atom. The second-order valence-electron chi connectivity index (χ2n) is 16.1. The number of hydrogen-bond acceptors (Lipinski definition) is 4. The summed E-state index contributed by atoms with van der Waals surface area (Å²) < 4.78 is 13.8. The molecule has 0 aromatic carbocycles. The Kier molecular flexibility index (Phi) is 32.9. The predicted molar refractivity (Wildman–Crippen MR) is 231 cm³/mol. The van der Waals surface area contributed by atoms with E-state index in [0.717, 1.165) is 45.2 Å². The van der Waals surface area contributed by atoms with E-state index < -0.39 is 5.79 Å². The molecule has 1 aliphatic rings. The smallest absolute Gasteiger partial charge is 0.169 e. The first-order valence-corrected chi connectivity index (χ1v) is 22.3. The van der Waals surface area contributed by atoms with Crippen LogP contribution in [0.25, 0.3) is 0 Å². The highest BCUT2D eigenvalue weighted by Gasteiger charge is 2.46. The minimum atomic E-state index is -0.402. The van der Waals surface area contributed by atoms with E-state index in [4.69, 9.17) is 9.47 Å². The molecule has 0 aromatic heterocycles. The molecule has 302 valence electrons. The van der Waals surface area contributed by atoms with Crippen LogP contribution in [0.15, 0.2) is 60.8 Å². The third kappa shape index (κ3) is 29.0. The number of allylic oxidation sites excluding steroid dienone is 10. The van der Waals surface area contributed by atoms with E-state index in [0.29, 0.717) is 0 Å². The van der Waals surface area contributed by atoms with Crippen LogP contribution in [-0.2, 0) is 9.47 Å². The molecule has 0 unspecified atom stereocenters. The molecule has 0 saturated carbocycles. The fourth-order valence-electron chi connectivity index (χ4n) is 7.16. The van der Waals surface area contributed by atoms with Crippen molar-refractivity contribution in [1.82, 2.24) is 9.80 Å². The van der Waals surface area contributed by atoms with Crippen molar-refractivity contribution in [2.75, 3.05) is 41.3 Å². The molecule has 1 rings (SSSR count). The van der Waals surface area contributed by atoms with E-state index in [1.807, 2.05) is 0 Å². The molecule has 0 aromatic rings. The standard InChI is InChI=1S/C48H88N2O2/c1-7-9-11-13-15-17-19-21-23-25-26-27-29-31-33-35-37-39-41-43-48(51-46(44-49(3)4)47(52-48)45-50(5)6)42-40-38-36-34-32-30-28-24-22-20-18-16-14-12-10-8-2/h15-18,21-24,26-27,46-47H,7-14,19-20,25,28-45H2,1-6H3/b17-15-,18-16-,23-21-,24-22-,27-26-/t46-,47-/m1/s1. The van der Waals surface area contributed by atoms with Crippen LogP contribution in [0, 0.1) is 0 Å². The van der Waals surface area contributed by atoms with E-state index in [1.54, 1.807) is 0 Å². The maximum atomic E-state index is 6.92. The first-order valence-electron chi connectivity index (χ1n) is 22.3. The van der Waals surface area contributed by atoms with E-state index in [9.17, 15) is 0 Å². The summed E-state index contributed by atoms with van der Waals surface area (Å²) in [5.41, 5.74) is 0. The van der Waals surface area contributed by atoms with Gasteiger partial charge in [-0.05, 0) is 112 Å². The lowest BCUT2D eigenvalue weighted by molar-refractivity contribution is -0.187. The highest BCUT2D eigenvalue weighted by Crippen LogP contribution is 2.38. The predicted octanol–water partition coefficient (Wildman–Crippen LogP) is 13.9. The summed E-state index contributed by atoms with van der Waals surface area (Å²) in [6, 6.07) is 0. The largest absolute Gasteiger partial charge is 0.343 e. The second-order valence-corrected chi connectivity index (χ2v) is 16.1. The van der Waals surface area contributed by atoms with Crippen molar-refractivity contribution in [2.24, 2.45) is 0 Å². The SMILES string of the molecule is CCCCC/C=C\C/C=C\C/C=C\CCCCCCCCC1(CCCCCCCC/C=C\C/C=C\CCCCC)O[C@H](CN(C)C)[C@@H](CN(C)C)O1. The van der Waals surface area contributed by atoms with Crippen molar-refractivity contribution in [3.8, 4) is 0 Å². The fourth-order valence-corrected chi connectivity index (χ4v) is 7.16. The first-order chi connectivity index (χ1) is 25.4. The average Bonchev–Trinajstić information content (AvgIpc) is 3.43. The van der Waals surface area contributed by atoms with Gasteiger partial charge in [0.2, 0.25) is 0 Å². The normalized spacial score (nSPS) is 18.1. The van der Waals surface area contributed by atoms with Crippen LogP contribution >= 0.6 is 0 Å². The third-order valence-corrected chi connectivity index (χ3v) is 10.2. The Morgan fingerprint density at radius 2 is 0.673 bits per heavy atom. The molecule has 4 heteroatoms. The second kappa shape index (κ2) is 35.3. The van der Waals surface area contributed by atoms with E-state index in [1.165, 1.54) is 141 Å². The Labute approximate surface area is 325 Å². The molecule has 52 heavy (non-hydrogen) atoms. The van der Waals surface area contributed by atoms with Gasteiger partial charge in [-0.2, -0.15) is 0 Å². The molecule has 1 saturated heterocycles. The van der Waals surface area contributed by atoms with Gasteiger partial charge in [-0.25, -0.2) is 0 Å². The lowest BCUT2D eigenvalue weighted by Gasteiger charge is -2.29. The van der Waals surface area contributed by atoms with Crippen LogP contribution in [0.3, 0.4) is 0 Å². The van der Waals surface area contributed by atoms with Crippen LogP contribution in [0.5, 0.6) is 0 Å². The van der Waals surface area contributed by atoms with E-state index in [2.05, 4.69) is 113 Å². The van der Waals surface area contributed by atoms with Gasteiger partial charge in [0.05, 0.1) is 0 Å². The molecule has 0 bridgehead atoms. The topological polar surface area (TPSA) is 24.9 Å². The van der Waals surface area contributed by atoms with Crippen molar-refractivity contribution in [3.05, 3.63) is 60.8 Å². The van der Waals surface area contributed by atoms with Crippen molar-refractivity contribution >= 4 is 0 Å². The summed E-state index contributed by atoms with van der Waals surface area (Å²) in [7, 11) is 8.62. The van der Waals surface area contributed by atoms with Crippen LogP contribution in [0.4, 0.5) is 0 Å². The molecule has 2 atom stereocenters. The van der Waals surface area contributed by atoms with Gasteiger partial charge in [-0.15, -0.1) is 0 Å². The highest BCUT2D eigenvalue weighted by atomic mass is 16.8. The summed E-state index contributed by atoms with van der Waals surface area (Å²) >= 11 is 0. The summed E-state index contributed by atoms with van der Waals surface area (Å²) in [6.45, 7) is 6.38. The molecule has 0 N–H and O–H groups in total. The molecule has 4 nitrogen and oxygen atoms in total. The molecule has 1 heterocycles. The van der Waals surface area contributed by atoms with E-state index >= 15 is 0 Å². The van der Waals surface area contributed by atoms with Gasteiger partial charge < -0.3 is 19.3 Å². The van der Waals surface area contributed by atoms with Gasteiger partial charge in [0.25, 0.3) is 0 Å². The van der Waals surface area contributed by atoms with Gasteiger partial charge in [-0.1, -0.05) is 152 Å². The van der Waals surface area contributed by atoms with Gasteiger partial charge >= 0.3 is 0 Å². The number of unbranched alkanes of at least 4 members (excludes halogenated alkanes) is 18. The average molecular weight is 725 g/mol. The zero-order chi connectivity index (χ0) is 37.8. The van der Waals surface area contributed by atoms with E-state index in [-0.39, 0.29) is 12.2 Å². The molecular weight excluding hydrogens is 637 g/mol. The summed E-state index contributed by atoms with van der Waals surface area (Å²) in [6.07, 6.45) is 57.5. The van der Waals surface area contributed by atoms with Gasteiger partial charge in [0, 0.05) is 25.9 Å². The quantitative estimate of drug-likeness (QED) is 0.0474. The summed E-state index contributed by atoms with van der Waals surface area (Å²) in [5.74, 6) is -0.402. The van der Waals surface area contributed by atoms with Crippen LogP contribution < -0.4 is 0 Å². The fraction of sp³-hybridized carbons (Fsp3) is 0.792. The minimum absolute atomic E-state index is 0.141. The molecule has 0 spiro atoms. The Bertz CT molecular complexity index is 899. The monoisotopic (exact) mass is 725 g/mol. The lowest BCUT2D eigenvalue weighted by atomic mass is 9.98. The molecular formula is C48H88N2O2. The molecule has 0 radical (unpaired) electrons. The number of ether oxygens (including phenoxy) is 2. The van der Waals surface area contributed by atoms with Crippen LogP contribution in [-0.4, -0.2) is 69.1 Å². The van der Waals surface area contributed by atoms with Crippen molar-refractivity contribution in [1.29, 1.82) is 0 Å². The maximum Gasteiger partial charge on any atom is 0.169 e. The highest BCUT2D eigenvalue weighted by molar-refractivity contribution is 4.97. The summed E-state index contributed by atoms with van der Waals surface area (Å²) in [5, 5.41) is 0. The zero-order valence-electron chi connectivity index (χ0n) is 35.6. The molecule has 1 aliphatic heterocycles. The number of likely N-dealkylation sites (N-methyl/N-ethyl adjacent to an activating group) is 2. The van der Waals surface area contributed by atoms with Crippen molar-refractivity contribution < 1.29 is 9.47 Å². The van der Waals surface area contributed by atoms with Crippen molar-refractivity contribution in [3.63, 3.8) is 0 Å². The minimum Gasteiger partial charge on any atom is -0.343 e. The van der Waals surface area contributed by atoms with Gasteiger partial charge in [0.1, 0.15) is 12.2 Å². The van der Waals surface area contributed by atoms with Gasteiger partial charge in [0.15, 0.2) is 5.79 Å². The molecule has 1 fully saturated rings.